The van der Waals surface area contributed by atoms with Crippen molar-refractivity contribution >= 4 is 23.0 Å². The van der Waals surface area contributed by atoms with Crippen LogP contribution in [0.3, 0.4) is 0 Å². The van der Waals surface area contributed by atoms with E-state index in [1.165, 1.54) is 11.6 Å². The number of fused-ring (bicyclic) bond motifs is 1. The van der Waals surface area contributed by atoms with Crippen molar-refractivity contribution in [3.63, 3.8) is 0 Å². The van der Waals surface area contributed by atoms with Crippen LogP contribution in [0.15, 0.2) is 48.5 Å². The van der Waals surface area contributed by atoms with Gasteiger partial charge in [-0.3, -0.25) is 0 Å². The van der Waals surface area contributed by atoms with Crippen LogP contribution in [0.25, 0.3) is 0 Å². The van der Waals surface area contributed by atoms with Gasteiger partial charge in [0, 0.05) is 29.5 Å². The minimum Gasteiger partial charge on any atom is -0.340 e. The van der Waals surface area contributed by atoms with Crippen molar-refractivity contribution in [3.05, 3.63) is 71.6 Å². The molecule has 2 aromatic carbocycles. The highest BCUT2D eigenvalue weighted by Gasteiger charge is 2.28. The molecule has 1 atom stereocenters. The molecule has 1 N–H and O–H groups in total. The van der Waals surface area contributed by atoms with Gasteiger partial charge in [-0.25, -0.2) is 18.7 Å². The average Bonchev–Trinajstić information content (AvgIpc) is 2.93. The number of hydrogen-bond donors (Lipinski definition) is 1. The Labute approximate surface area is 150 Å². The maximum absolute atomic E-state index is 13.4. The summed E-state index contributed by atoms with van der Waals surface area (Å²) in [7, 11) is 0. The summed E-state index contributed by atoms with van der Waals surface area (Å²) in [6.07, 6.45) is 0.950. The molecule has 1 aliphatic rings. The second-order valence-electron chi connectivity index (χ2n) is 6.46. The van der Waals surface area contributed by atoms with E-state index < -0.39 is 11.6 Å². The molecule has 4 nitrogen and oxygen atoms in total. The molecule has 0 saturated carbocycles. The van der Waals surface area contributed by atoms with E-state index in [2.05, 4.69) is 39.2 Å². The Hall–Kier alpha value is -3.02. The third-order valence-corrected chi connectivity index (χ3v) is 4.47. The van der Waals surface area contributed by atoms with Gasteiger partial charge < -0.3 is 10.2 Å². The standard InChI is InChI=1S/C20H18F2N4/c1-12-9-14-5-3-4-6-18(14)26(12)20-11-19(23-13(2)24-20)25-15-7-8-16(21)17(22)10-15/h3-8,10-12H,9H2,1-2H3,(H,23,24,25). The molecule has 6 heteroatoms. The fraction of sp³-hybridized carbons (Fsp3) is 0.200. The Morgan fingerprint density at radius 1 is 1.04 bits per heavy atom. The molecule has 0 aliphatic carbocycles. The van der Waals surface area contributed by atoms with E-state index >= 15 is 0 Å². The first-order chi connectivity index (χ1) is 12.5. The Bertz CT molecular complexity index is 974. The Kier molecular flexibility index (Phi) is 4.03. The van der Waals surface area contributed by atoms with Crippen molar-refractivity contribution in [2.45, 2.75) is 26.3 Å². The smallest absolute Gasteiger partial charge is 0.160 e. The van der Waals surface area contributed by atoms with E-state index in [-0.39, 0.29) is 6.04 Å². The van der Waals surface area contributed by atoms with Crippen molar-refractivity contribution in [3.8, 4) is 0 Å². The second kappa shape index (κ2) is 6.37. The van der Waals surface area contributed by atoms with E-state index in [4.69, 9.17) is 0 Å². The molecule has 0 saturated heterocycles. The van der Waals surface area contributed by atoms with Gasteiger partial charge in [-0.15, -0.1) is 0 Å². The predicted octanol–water partition coefficient (Wildman–Crippen LogP) is 4.89. The van der Waals surface area contributed by atoms with Gasteiger partial charge in [0.25, 0.3) is 0 Å². The van der Waals surface area contributed by atoms with Gasteiger partial charge in [0.2, 0.25) is 0 Å². The summed E-state index contributed by atoms with van der Waals surface area (Å²) in [6, 6.07) is 14.0. The third-order valence-electron chi connectivity index (χ3n) is 4.47. The van der Waals surface area contributed by atoms with E-state index in [9.17, 15) is 8.78 Å². The van der Waals surface area contributed by atoms with Crippen molar-refractivity contribution in [1.82, 2.24) is 9.97 Å². The number of nitrogens with zero attached hydrogens (tertiary/aromatic N) is 3. The Morgan fingerprint density at radius 3 is 2.65 bits per heavy atom. The van der Waals surface area contributed by atoms with Crippen molar-refractivity contribution in [2.24, 2.45) is 0 Å². The molecule has 0 radical (unpaired) electrons. The van der Waals surface area contributed by atoms with Crippen LogP contribution in [0, 0.1) is 18.6 Å². The maximum Gasteiger partial charge on any atom is 0.160 e. The number of para-hydroxylation sites is 1. The number of aryl methyl sites for hydroxylation is 1. The van der Waals surface area contributed by atoms with Gasteiger partial charge in [-0.2, -0.15) is 0 Å². The second-order valence-corrected chi connectivity index (χ2v) is 6.46. The zero-order chi connectivity index (χ0) is 18.3. The van der Waals surface area contributed by atoms with Gasteiger partial charge in [0.1, 0.15) is 17.5 Å². The Morgan fingerprint density at radius 2 is 1.85 bits per heavy atom. The van der Waals surface area contributed by atoms with E-state index in [0.29, 0.717) is 17.3 Å². The average molecular weight is 352 g/mol. The lowest BCUT2D eigenvalue weighted by Gasteiger charge is -2.24. The number of benzene rings is 2. The minimum atomic E-state index is -0.900. The SMILES string of the molecule is Cc1nc(Nc2ccc(F)c(F)c2)cc(N2c3ccccc3CC2C)n1. The monoisotopic (exact) mass is 352 g/mol. The summed E-state index contributed by atoms with van der Waals surface area (Å²) < 4.78 is 26.6. The highest BCUT2D eigenvalue weighted by Crippen LogP contribution is 2.37. The highest BCUT2D eigenvalue weighted by molar-refractivity contribution is 5.71. The normalized spacial score (nSPS) is 15.8. The first-order valence-electron chi connectivity index (χ1n) is 8.46. The molecule has 4 rings (SSSR count). The first kappa shape index (κ1) is 16.4. The van der Waals surface area contributed by atoms with Crippen molar-refractivity contribution in [1.29, 1.82) is 0 Å². The lowest BCUT2D eigenvalue weighted by Crippen LogP contribution is -2.25. The van der Waals surface area contributed by atoms with Crippen LogP contribution in [-0.2, 0) is 6.42 Å². The highest BCUT2D eigenvalue weighted by atomic mass is 19.2. The lowest BCUT2D eigenvalue weighted by atomic mass is 10.1. The molecule has 132 valence electrons. The molecule has 1 unspecified atom stereocenters. The number of anilines is 4. The van der Waals surface area contributed by atoms with Gasteiger partial charge in [0.05, 0.1) is 0 Å². The van der Waals surface area contributed by atoms with Crippen LogP contribution < -0.4 is 10.2 Å². The van der Waals surface area contributed by atoms with Gasteiger partial charge in [-0.1, -0.05) is 18.2 Å². The summed E-state index contributed by atoms with van der Waals surface area (Å²) in [6.45, 7) is 3.96. The topological polar surface area (TPSA) is 41.1 Å². The van der Waals surface area contributed by atoms with E-state index in [0.717, 1.165) is 30.1 Å². The number of rotatable bonds is 3. The predicted molar refractivity (Wildman–Crippen MR) is 98.2 cm³/mol. The fourth-order valence-electron chi connectivity index (χ4n) is 3.38. The number of aromatic nitrogens is 2. The summed E-state index contributed by atoms with van der Waals surface area (Å²) in [5.41, 5.74) is 2.85. The fourth-order valence-corrected chi connectivity index (χ4v) is 3.38. The van der Waals surface area contributed by atoms with Crippen molar-refractivity contribution in [2.75, 3.05) is 10.2 Å². The Balaban J connectivity index is 1.70. The molecule has 3 aromatic rings. The van der Waals surface area contributed by atoms with Gasteiger partial charge in [-0.05, 0) is 44.0 Å². The van der Waals surface area contributed by atoms with Crippen LogP contribution in [0.1, 0.15) is 18.3 Å². The minimum absolute atomic E-state index is 0.276. The number of halogens is 2. The summed E-state index contributed by atoms with van der Waals surface area (Å²) in [5, 5.41) is 3.03. The molecule has 0 spiro atoms. The van der Waals surface area contributed by atoms with Gasteiger partial charge >= 0.3 is 0 Å². The zero-order valence-corrected chi connectivity index (χ0v) is 14.5. The summed E-state index contributed by atoms with van der Waals surface area (Å²) in [4.78, 5) is 11.1. The van der Waals surface area contributed by atoms with Gasteiger partial charge in [0.15, 0.2) is 11.6 Å². The quantitative estimate of drug-likeness (QED) is 0.729. The molecule has 0 bridgehead atoms. The largest absolute Gasteiger partial charge is 0.340 e. The molecule has 2 heterocycles. The maximum atomic E-state index is 13.4. The van der Waals surface area contributed by atoms with Crippen LogP contribution in [0.2, 0.25) is 0 Å². The van der Waals surface area contributed by atoms with Crippen LogP contribution >= 0.6 is 0 Å². The number of hydrogen-bond acceptors (Lipinski definition) is 4. The number of nitrogens with one attached hydrogen (secondary N) is 1. The first-order valence-corrected chi connectivity index (χ1v) is 8.46. The third kappa shape index (κ3) is 2.98. The lowest BCUT2D eigenvalue weighted by molar-refractivity contribution is 0.509. The van der Waals surface area contributed by atoms with Crippen molar-refractivity contribution < 1.29 is 8.78 Å². The molecule has 1 aliphatic heterocycles. The molecule has 26 heavy (non-hydrogen) atoms. The molecule has 0 fully saturated rings. The molecule has 0 amide bonds. The zero-order valence-electron chi connectivity index (χ0n) is 14.5. The molecular weight excluding hydrogens is 334 g/mol. The van der Waals surface area contributed by atoms with Crippen LogP contribution in [-0.4, -0.2) is 16.0 Å². The molecular formula is C20H18F2N4. The summed E-state index contributed by atoms with van der Waals surface area (Å²) in [5.74, 6) is 0.139. The molecule has 1 aromatic heterocycles. The van der Waals surface area contributed by atoms with Crippen LogP contribution in [0.5, 0.6) is 0 Å². The van der Waals surface area contributed by atoms with Crippen LogP contribution in [0.4, 0.5) is 31.8 Å². The van der Waals surface area contributed by atoms with E-state index in [1.807, 2.05) is 25.1 Å². The van der Waals surface area contributed by atoms with E-state index in [1.54, 1.807) is 0 Å². The summed E-state index contributed by atoms with van der Waals surface area (Å²) >= 11 is 0.